The lowest BCUT2D eigenvalue weighted by Gasteiger charge is -2.31. The number of aromatic nitrogens is 3. The van der Waals surface area contributed by atoms with Crippen LogP contribution >= 0.6 is 11.3 Å². The van der Waals surface area contributed by atoms with Gasteiger partial charge in [0.2, 0.25) is 16.2 Å². The lowest BCUT2D eigenvalue weighted by atomic mass is 9.97. The van der Waals surface area contributed by atoms with E-state index < -0.39 is 0 Å². The smallest absolute Gasteiger partial charge is 0.224 e. The first-order valence-electron chi connectivity index (χ1n) is 9.69. The van der Waals surface area contributed by atoms with Crippen LogP contribution in [-0.2, 0) is 9.53 Å². The number of ether oxygens (including phenoxy) is 1. The number of aryl methyl sites for hydroxylation is 2. The first-order valence-corrected chi connectivity index (χ1v) is 10.5. The van der Waals surface area contributed by atoms with E-state index in [0.717, 1.165) is 54.1 Å². The van der Waals surface area contributed by atoms with E-state index in [1.165, 1.54) is 0 Å². The van der Waals surface area contributed by atoms with Crippen LogP contribution in [0.15, 0.2) is 12.1 Å². The first kappa shape index (κ1) is 19.8. The average molecular weight is 392 g/mol. The molecule has 0 bridgehead atoms. The molecule has 3 heterocycles. The molecule has 2 aromatic rings. The van der Waals surface area contributed by atoms with Crippen molar-refractivity contribution < 1.29 is 9.53 Å². The number of hydrogen-bond acceptors (Lipinski definition) is 6. The van der Waals surface area contributed by atoms with Crippen LogP contribution in [0.2, 0.25) is 0 Å². The molecule has 0 aliphatic carbocycles. The molecule has 1 amide bonds. The number of piperidine rings is 1. The summed E-state index contributed by atoms with van der Waals surface area (Å²) in [5.74, 6) is 0.145. The standard InChI is InChI=1S/C19H29N5O2S/c1-4-26-12-6-10-20-17(25)16-7-5-11-23(13-16)18-21-22-19(27-18)24-14(2)8-9-15(24)3/h8-9,16H,4-7,10-13H2,1-3H3,(H,20,25)/t16-/m0/s1. The van der Waals surface area contributed by atoms with Crippen molar-refractivity contribution in [1.82, 2.24) is 20.1 Å². The van der Waals surface area contributed by atoms with Gasteiger partial charge in [-0.2, -0.15) is 0 Å². The van der Waals surface area contributed by atoms with Crippen LogP contribution in [0.4, 0.5) is 5.13 Å². The summed E-state index contributed by atoms with van der Waals surface area (Å²) in [4.78, 5) is 14.7. The summed E-state index contributed by atoms with van der Waals surface area (Å²) in [5.41, 5.74) is 2.30. The van der Waals surface area contributed by atoms with Gasteiger partial charge in [0.05, 0.1) is 5.92 Å². The third-order valence-electron chi connectivity index (χ3n) is 4.90. The summed E-state index contributed by atoms with van der Waals surface area (Å²) >= 11 is 1.58. The molecule has 2 aromatic heterocycles. The fourth-order valence-electron chi connectivity index (χ4n) is 3.44. The van der Waals surface area contributed by atoms with Gasteiger partial charge in [-0.05, 0) is 52.2 Å². The van der Waals surface area contributed by atoms with Gasteiger partial charge in [0, 0.05) is 44.2 Å². The fourth-order valence-corrected chi connectivity index (χ4v) is 4.44. The molecular weight excluding hydrogens is 362 g/mol. The molecule has 1 aliphatic heterocycles. The molecule has 1 fully saturated rings. The normalized spacial score (nSPS) is 17.3. The zero-order valence-electron chi connectivity index (χ0n) is 16.4. The quantitative estimate of drug-likeness (QED) is 0.701. The van der Waals surface area contributed by atoms with E-state index in [0.29, 0.717) is 19.7 Å². The minimum absolute atomic E-state index is 0.00763. The highest BCUT2D eigenvalue weighted by atomic mass is 32.1. The molecule has 1 saturated heterocycles. The second-order valence-electron chi connectivity index (χ2n) is 6.95. The van der Waals surface area contributed by atoms with Crippen LogP contribution in [0.1, 0.15) is 37.6 Å². The summed E-state index contributed by atoms with van der Waals surface area (Å²) in [5, 5.41) is 13.6. The van der Waals surface area contributed by atoms with Crippen LogP contribution in [0.3, 0.4) is 0 Å². The Morgan fingerprint density at radius 1 is 1.30 bits per heavy atom. The molecule has 7 nitrogen and oxygen atoms in total. The number of amides is 1. The van der Waals surface area contributed by atoms with E-state index in [4.69, 9.17) is 4.74 Å². The van der Waals surface area contributed by atoms with Crippen molar-refractivity contribution in [3.63, 3.8) is 0 Å². The third kappa shape index (κ3) is 4.87. The number of carbonyl (C=O) groups is 1. The number of carbonyl (C=O) groups excluding carboxylic acids is 1. The van der Waals surface area contributed by atoms with E-state index >= 15 is 0 Å². The van der Waals surface area contributed by atoms with Gasteiger partial charge in [0.15, 0.2) is 0 Å². The molecule has 1 aliphatic rings. The predicted molar refractivity (Wildman–Crippen MR) is 108 cm³/mol. The van der Waals surface area contributed by atoms with Crippen molar-refractivity contribution in [2.45, 2.75) is 40.0 Å². The summed E-state index contributed by atoms with van der Waals surface area (Å²) in [6, 6.07) is 4.17. The van der Waals surface area contributed by atoms with Crippen LogP contribution in [0.5, 0.6) is 0 Å². The Bertz CT molecular complexity index is 738. The highest BCUT2D eigenvalue weighted by Crippen LogP contribution is 2.29. The minimum Gasteiger partial charge on any atom is -0.382 e. The topological polar surface area (TPSA) is 72.3 Å². The van der Waals surface area contributed by atoms with Crippen molar-refractivity contribution >= 4 is 22.4 Å². The molecular formula is C19H29N5O2S. The average Bonchev–Trinajstić information content (AvgIpc) is 3.28. The summed E-state index contributed by atoms with van der Waals surface area (Å²) in [7, 11) is 0. The van der Waals surface area contributed by atoms with Crippen LogP contribution in [-0.4, -0.2) is 53.5 Å². The minimum atomic E-state index is 0.00763. The molecule has 3 rings (SSSR count). The highest BCUT2D eigenvalue weighted by Gasteiger charge is 2.27. The Kier molecular flexibility index (Phi) is 6.84. The number of nitrogens with zero attached hydrogens (tertiary/aromatic N) is 4. The Labute approximate surface area is 164 Å². The van der Waals surface area contributed by atoms with Crippen LogP contribution in [0, 0.1) is 19.8 Å². The van der Waals surface area contributed by atoms with Gasteiger partial charge in [-0.1, -0.05) is 11.3 Å². The maximum atomic E-state index is 12.5. The molecule has 1 atom stereocenters. The van der Waals surface area contributed by atoms with Gasteiger partial charge >= 0.3 is 0 Å². The summed E-state index contributed by atoms with van der Waals surface area (Å²) in [6.45, 7) is 9.83. The monoisotopic (exact) mass is 391 g/mol. The molecule has 0 saturated carbocycles. The SMILES string of the molecule is CCOCCCNC(=O)[C@H]1CCCN(c2nnc(-n3c(C)ccc3C)s2)C1. The molecule has 148 valence electrons. The van der Waals surface area contributed by atoms with Crippen molar-refractivity contribution in [2.75, 3.05) is 37.7 Å². The summed E-state index contributed by atoms with van der Waals surface area (Å²) in [6.07, 6.45) is 2.77. The predicted octanol–water partition coefficient (Wildman–Crippen LogP) is 2.70. The van der Waals surface area contributed by atoms with Gasteiger partial charge in [0.25, 0.3) is 0 Å². The van der Waals surface area contributed by atoms with E-state index in [1.54, 1.807) is 11.3 Å². The largest absolute Gasteiger partial charge is 0.382 e. The lowest BCUT2D eigenvalue weighted by molar-refractivity contribution is -0.125. The maximum Gasteiger partial charge on any atom is 0.224 e. The maximum absolute atomic E-state index is 12.5. The van der Waals surface area contributed by atoms with E-state index in [-0.39, 0.29) is 11.8 Å². The van der Waals surface area contributed by atoms with Crippen molar-refractivity contribution in [1.29, 1.82) is 0 Å². The molecule has 27 heavy (non-hydrogen) atoms. The number of nitrogens with one attached hydrogen (secondary N) is 1. The van der Waals surface area contributed by atoms with Crippen LogP contribution < -0.4 is 10.2 Å². The first-order chi connectivity index (χ1) is 13.1. The van der Waals surface area contributed by atoms with Gasteiger partial charge in [-0.15, -0.1) is 10.2 Å². The van der Waals surface area contributed by atoms with Crippen molar-refractivity contribution in [3.8, 4) is 5.13 Å². The molecule has 0 radical (unpaired) electrons. The second-order valence-corrected chi connectivity index (χ2v) is 7.88. The van der Waals surface area contributed by atoms with Gasteiger partial charge in [-0.25, -0.2) is 0 Å². The zero-order chi connectivity index (χ0) is 19.2. The van der Waals surface area contributed by atoms with E-state index in [9.17, 15) is 4.79 Å². The number of rotatable bonds is 8. The molecule has 8 heteroatoms. The van der Waals surface area contributed by atoms with Crippen molar-refractivity contribution in [2.24, 2.45) is 5.92 Å². The molecule has 0 aromatic carbocycles. The Balaban J connectivity index is 1.57. The zero-order valence-corrected chi connectivity index (χ0v) is 17.2. The third-order valence-corrected chi connectivity index (χ3v) is 5.87. The Morgan fingerprint density at radius 3 is 2.78 bits per heavy atom. The number of hydrogen-bond donors (Lipinski definition) is 1. The Hall–Kier alpha value is -1.93. The van der Waals surface area contributed by atoms with E-state index in [1.807, 2.05) is 6.92 Å². The molecule has 0 unspecified atom stereocenters. The second kappa shape index (κ2) is 9.32. The highest BCUT2D eigenvalue weighted by molar-refractivity contribution is 7.17. The van der Waals surface area contributed by atoms with E-state index in [2.05, 4.69) is 51.0 Å². The van der Waals surface area contributed by atoms with Crippen molar-refractivity contribution in [3.05, 3.63) is 23.5 Å². The molecule has 1 N–H and O–H groups in total. The van der Waals surface area contributed by atoms with Crippen LogP contribution in [0.25, 0.3) is 5.13 Å². The molecule has 0 spiro atoms. The summed E-state index contributed by atoms with van der Waals surface area (Å²) < 4.78 is 7.43. The number of anilines is 1. The lowest BCUT2D eigenvalue weighted by Crippen LogP contribution is -2.43. The van der Waals surface area contributed by atoms with Gasteiger partial charge in [-0.3, -0.25) is 9.36 Å². The van der Waals surface area contributed by atoms with Gasteiger partial charge < -0.3 is 15.0 Å². The Morgan fingerprint density at radius 2 is 2.04 bits per heavy atom. The van der Waals surface area contributed by atoms with Gasteiger partial charge in [0.1, 0.15) is 0 Å². The fraction of sp³-hybridized carbons (Fsp3) is 0.632.